The minimum absolute atomic E-state index is 0.0827. The molecule has 0 amide bonds. The average Bonchev–Trinajstić information content (AvgIpc) is 3.02. The Hall–Kier alpha value is -1.00. The Kier molecular flexibility index (Phi) is 6.68. The second-order valence-corrected chi connectivity index (χ2v) is 15.5. The first-order valence-electron chi connectivity index (χ1n) is 11.3. The molecule has 0 aromatic rings. The van der Waals surface area contributed by atoms with E-state index in [0.717, 1.165) is 32.1 Å². The van der Waals surface area contributed by atoms with Gasteiger partial charge >= 0.3 is 11.9 Å². The zero-order valence-electron chi connectivity index (χ0n) is 19.9. The molecule has 0 aromatic heterocycles. The van der Waals surface area contributed by atoms with Crippen molar-refractivity contribution in [2.75, 3.05) is 7.11 Å². The molecule has 1 N–H and O–H groups in total. The van der Waals surface area contributed by atoms with Crippen LogP contribution < -0.4 is 0 Å². The average molecular weight is 459 g/mol. The van der Waals surface area contributed by atoms with Crippen molar-refractivity contribution in [3.8, 4) is 0 Å². The van der Waals surface area contributed by atoms with Crippen LogP contribution in [0.2, 0.25) is 18.1 Å². The smallest absolute Gasteiger partial charge is 0.342 e. The Morgan fingerprint density at radius 1 is 1.06 bits per heavy atom. The van der Waals surface area contributed by atoms with Crippen LogP contribution in [0.1, 0.15) is 66.2 Å². The fraction of sp³-hybridized carbons (Fsp3) is 0.909. The zero-order chi connectivity index (χ0) is 23.2. The van der Waals surface area contributed by atoms with E-state index in [1.807, 2.05) is 0 Å². The topological polar surface area (TPSA) is 101 Å². The summed E-state index contributed by atoms with van der Waals surface area (Å²) in [6, 6.07) is 0. The van der Waals surface area contributed by atoms with E-state index >= 15 is 0 Å². The summed E-state index contributed by atoms with van der Waals surface area (Å²) in [5.41, 5.74) is -2.09. The van der Waals surface area contributed by atoms with Crippen LogP contribution in [0.3, 0.4) is 0 Å². The minimum atomic E-state index is -2.28. The van der Waals surface area contributed by atoms with E-state index in [2.05, 4.69) is 33.9 Å². The van der Waals surface area contributed by atoms with E-state index < -0.39 is 56.1 Å². The molecule has 1 saturated heterocycles. The van der Waals surface area contributed by atoms with Crippen molar-refractivity contribution >= 4 is 20.3 Å². The molecule has 8 nitrogen and oxygen atoms in total. The minimum Gasteiger partial charge on any atom is -0.467 e. The lowest BCUT2D eigenvalue weighted by atomic mass is 9.77. The van der Waals surface area contributed by atoms with E-state index in [1.54, 1.807) is 0 Å². The number of methoxy groups -OCH3 is 1. The summed E-state index contributed by atoms with van der Waals surface area (Å²) in [6.45, 7) is 11.9. The highest BCUT2D eigenvalue weighted by atomic mass is 28.4. The second-order valence-electron chi connectivity index (χ2n) is 10.7. The highest BCUT2D eigenvalue weighted by Crippen LogP contribution is 2.50. The SMILES string of the molecule is COC(=O)[C@]1(O)C[C@@H](O[Si](C)(C)C(C)(C)C)[C@@H]2OC3(CCCCC3)O[C@@H]2[C@H]1OC(C)=O. The van der Waals surface area contributed by atoms with Gasteiger partial charge in [-0.05, 0) is 31.0 Å². The van der Waals surface area contributed by atoms with Crippen molar-refractivity contribution in [1.82, 2.24) is 0 Å². The summed E-state index contributed by atoms with van der Waals surface area (Å²) in [5, 5.41) is 11.4. The van der Waals surface area contributed by atoms with Gasteiger partial charge in [-0.2, -0.15) is 0 Å². The predicted octanol–water partition coefficient (Wildman–Crippen LogP) is 3.06. The Morgan fingerprint density at radius 3 is 2.16 bits per heavy atom. The molecule has 0 radical (unpaired) electrons. The van der Waals surface area contributed by atoms with Gasteiger partial charge in [-0.1, -0.05) is 27.2 Å². The Morgan fingerprint density at radius 2 is 1.65 bits per heavy atom. The van der Waals surface area contributed by atoms with Crippen LogP contribution in [0.5, 0.6) is 0 Å². The fourth-order valence-electron chi connectivity index (χ4n) is 4.70. The zero-order valence-corrected chi connectivity index (χ0v) is 20.9. The maximum absolute atomic E-state index is 12.7. The number of carbonyl (C=O) groups is 2. The molecule has 0 aromatic carbocycles. The third kappa shape index (κ3) is 4.57. The van der Waals surface area contributed by atoms with Gasteiger partial charge in [-0.15, -0.1) is 0 Å². The van der Waals surface area contributed by atoms with Gasteiger partial charge in [0.2, 0.25) is 5.60 Å². The Bertz CT molecular complexity index is 696. The van der Waals surface area contributed by atoms with Crippen molar-refractivity contribution < 1.29 is 38.1 Å². The number of hydrogen-bond acceptors (Lipinski definition) is 8. The number of fused-ring (bicyclic) bond motifs is 1. The number of rotatable bonds is 4. The van der Waals surface area contributed by atoms with Crippen LogP contribution in [-0.2, 0) is 33.0 Å². The van der Waals surface area contributed by atoms with Crippen molar-refractivity contribution in [3.63, 3.8) is 0 Å². The maximum atomic E-state index is 12.7. The van der Waals surface area contributed by atoms with Crippen molar-refractivity contribution in [1.29, 1.82) is 0 Å². The lowest BCUT2D eigenvalue weighted by Gasteiger charge is -2.48. The highest BCUT2D eigenvalue weighted by molar-refractivity contribution is 6.74. The quantitative estimate of drug-likeness (QED) is 0.507. The number of aliphatic hydroxyl groups is 1. The first-order chi connectivity index (χ1) is 14.2. The molecule has 1 aliphatic heterocycles. The molecular formula is C22H38O8Si. The molecular weight excluding hydrogens is 420 g/mol. The molecule has 3 rings (SSSR count). The third-order valence-corrected chi connectivity index (χ3v) is 11.9. The van der Waals surface area contributed by atoms with Gasteiger partial charge in [0.05, 0.1) is 13.2 Å². The summed E-state index contributed by atoms with van der Waals surface area (Å²) in [5.74, 6) is -2.28. The first kappa shape index (κ1) is 24.6. The Labute approximate surface area is 186 Å². The summed E-state index contributed by atoms with van der Waals surface area (Å²) in [7, 11) is -1.08. The molecule has 9 heteroatoms. The number of esters is 2. The molecule has 3 aliphatic rings. The van der Waals surface area contributed by atoms with Gasteiger partial charge in [-0.3, -0.25) is 4.79 Å². The monoisotopic (exact) mass is 458 g/mol. The fourth-order valence-corrected chi connectivity index (χ4v) is 6.03. The third-order valence-electron chi connectivity index (χ3n) is 7.37. The van der Waals surface area contributed by atoms with E-state index in [4.69, 9.17) is 23.4 Å². The molecule has 1 spiro atoms. The Balaban J connectivity index is 2.02. The predicted molar refractivity (Wildman–Crippen MR) is 115 cm³/mol. The van der Waals surface area contributed by atoms with E-state index in [1.165, 1.54) is 14.0 Å². The molecule has 0 unspecified atom stereocenters. The van der Waals surface area contributed by atoms with Crippen molar-refractivity contribution in [2.24, 2.45) is 0 Å². The second kappa shape index (κ2) is 8.41. The normalized spacial score (nSPS) is 35.5. The van der Waals surface area contributed by atoms with Gasteiger partial charge in [0.1, 0.15) is 12.2 Å². The van der Waals surface area contributed by atoms with Crippen LogP contribution in [0.4, 0.5) is 0 Å². The summed E-state index contributed by atoms with van der Waals surface area (Å²) >= 11 is 0. The summed E-state index contributed by atoms with van der Waals surface area (Å²) in [6.07, 6.45) is 1.17. The van der Waals surface area contributed by atoms with Crippen molar-refractivity contribution in [2.45, 2.75) is 120 Å². The lowest BCUT2D eigenvalue weighted by Crippen LogP contribution is -2.68. The van der Waals surface area contributed by atoms with Gasteiger partial charge in [-0.25, -0.2) is 4.79 Å². The van der Waals surface area contributed by atoms with Gasteiger partial charge in [0, 0.05) is 26.2 Å². The maximum Gasteiger partial charge on any atom is 0.342 e. The molecule has 1 heterocycles. The van der Waals surface area contributed by atoms with E-state index in [0.29, 0.717) is 0 Å². The molecule has 178 valence electrons. The van der Waals surface area contributed by atoms with Crippen LogP contribution in [0, 0.1) is 0 Å². The molecule has 5 atom stereocenters. The van der Waals surface area contributed by atoms with Crippen LogP contribution in [0.25, 0.3) is 0 Å². The lowest BCUT2D eigenvalue weighted by molar-refractivity contribution is -0.225. The number of hydrogen-bond donors (Lipinski definition) is 1. The summed E-state index contributed by atoms with van der Waals surface area (Å²) in [4.78, 5) is 24.6. The van der Waals surface area contributed by atoms with E-state index in [9.17, 15) is 14.7 Å². The largest absolute Gasteiger partial charge is 0.467 e. The standard InChI is InChI=1S/C22H38O8Si/c1-14(23)27-18-17-16(28-21(29-17)11-9-8-10-12-21)15(13-22(18,25)19(24)26-5)30-31(6,7)20(2,3)4/h15-18,25H,8-13H2,1-7H3/t15-,16+,17+,18-,22+/m1/s1. The van der Waals surface area contributed by atoms with E-state index in [-0.39, 0.29) is 11.5 Å². The first-order valence-corrected chi connectivity index (χ1v) is 14.2. The van der Waals surface area contributed by atoms with Gasteiger partial charge < -0.3 is 28.5 Å². The number of carbonyl (C=O) groups excluding carboxylic acids is 2. The summed E-state index contributed by atoms with van der Waals surface area (Å²) < 4.78 is 30.0. The van der Waals surface area contributed by atoms with Gasteiger partial charge in [0.25, 0.3) is 0 Å². The van der Waals surface area contributed by atoms with Gasteiger partial charge in [0.15, 0.2) is 20.2 Å². The van der Waals surface area contributed by atoms with Crippen LogP contribution in [-0.4, -0.2) is 68.3 Å². The number of ether oxygens (including phenoxy) is 4. The molecule has 31 heavy (non-hydrogen) atoms. The van der Waals surface area contributed by atoms with Crippen LogP contribution >= 0.6 is 0 Å². The molecule has 3 fully saturated rings. The highest BCUT2D eigenvalue weighted by Gasteiger charge is 2.67. The molecule has 2 aliphatic carbocycles. The van der Waals surface area contributed by atoms with Crippen molar-refractivity contribution in [3.05, 3.63) is 0 Å². The van der Waals surface area contributed by atoms with Crippen LogP contribution in [0.15, 0.2) is 0 Å². The molecule has 0 bridgehead atoms. The molecule has 2 saturated carbocycles.